The third-order valence-electron chi connectivity index (χ3n) is 4.74. The molecular formula is C17H20F3N5O. The average Bonchev–Trinajstić information content (AvgIpc) is 3.14. The number of alkyl halides is 3. The predicted molar refractivity (Wildman–Crippen MR) is 86.9 cm³/mol. The van der Waals surface area contributed by atoms with Crippen LogP contribution in [0.25, 0.3) is 0 Å². The van der Waals surface area contributed by atoms with Gasteiger partial charge in [-0.15, -0.1) is 5.10 Å². The number of rotatable bonds is 5. The van der Waals surface area contributed by atoms with Crippen LogP contribution in [0.5, 0.6) is 0 Å². The van der Waals surface area contributed by atoms with Gasteiger partial charge in [0.1, 0.15) is 12.4 Å². The van der Waals surface area contributed by atoms with E-state index in [0.717, 1.165) is 5.56 Å². The lowest BCUT2D eigenvalue weighted by molar-refractivity contribution is -0.184. The number of amides is 1. The Morgan fingerprint density at radius 1 is 1.27 bits per heavy atom. The first kappa shape index (κ1) is 18.3. The highest BCUT2D eigenvalue weighted by Crippen LogP contribution is 2.37. The second-order valence-electron chi connectivity index (χ2n) is 6.61. The highest BCUT2D eigenvalue weighted by Gasteiger charge is 2.42. The number of nitrogens with one attached hydrogen (secondary N) is 1. The van der Waals surface area contributed by atoms with Crippen molar-refractivity contribution in [1.29, 1.82) is 0 Å². The summed E-state index contributed by atoms with van der Waals surface area (Å²) in [5.74, 6) is -1.73. The van der Waals surface area contributed by atoms with Crippen LogP contribution in [0.15, 0.2) is 36.7 Å². The second-order valence-corrected chi connectivity index (χ2v) is 6.61. The number of tetrazole rings is 1. The minimum Gasteiger partial charge on any atom is -0.351 e. The second kappa shape index (κ2) is 7.84. The smallest absolute Gasteiger partial charge is 0.351 e. The van der Waals surface area contributed by atoms with Crippen molar-refractivity contribution in [2.24, 2.45) is 5.92 Å². The Morgan fingerprint density at radius 3 is 2.69 bits per heavy atom. The molecule has 0 saturated heterocycles. The van der Waals surface area contributed by atoms with Crippen LogP contribution < -0.4 is 5.32 Å². The largest absolute Gasteiger partial charge is 0.391 e. The maximum absolute atomic E-state index is 13.0. The van der Waals surface area contributed by atoms with Gasteiger partial charge < -0.3 is 5.32 Å². The summed E-state index contributed by atoms with van der Waals surface area (Å²) in [4.78, 5) is 12.8. The molecule has 3 unspecified atom stereocenters. The van der Waals surface area contributed by atoms with E-state index in [9.17, 15) is 18.0 Å². The van der Waals surface area contributed by atoms with Crippen molar-refractivity contribution in [3.63, 3.8) is 0 Å². The molecule has 1 aliphatic carbocycles. The van der Waals surface area contributed by atoms with E-state index < -0.39 is 24.2 Å². The predicted octanol–water partition coefficient (Wildman–Crippen LogP) is 2.69. The maximum atomic E-state index is 13.0. The summed E-state index contributed by atoms with van der Waals surface area (Å²) in [5.41, 5.74) is 0.917. The molecule has 1 fully saturated rings. The zero-order valence-electron chi connectivity index (χ0n) is 14.1. The first-order chi connectivity index (χ1) is 12.4. The van der Waals surface area contributed by atoms with Crippen LogP contribution in [-0.4, -0.2) is 38.3 Å². The first-order valence-corrected chi connectivity index (χ1v) is 8.57. The van der Waals surface area contributed by atoms with E-state index in [4.69, 9.17) is 0 Å². The minimum atomic E-state index is -4.22. The fourth-order valence-electron chi connectivity index (χ4n) is 3.37. The van der Waals surface area contributed by atoms with Crippen LogP contribution in [-0.2, 0) is 11.2 Å². The molecule has 1 aromatic heterocycles. The number of nitrogens with zero attached hydrogens (tertiary/aromatic N) is 4. The minimum absolute atomic E-state index is 0.0805. The summed E-state index contributed by atoms with van der Waals surface area (Å²) in [6, 6.07) is 8.15. The summed E-state index contributed by atoms with van der Waals surface area (Å²) >= 11 is 0. The third kappa shape index (κ3) is 4.59. The van der Waals surface area contributed by atoms with Gasteiger partial charge >= 0.3 is 6.18 Å². The fourth-order valence-corrected chi connectivity index (χ4v) is 3.37. The Kier molecular flexibility index (Phi) is 5.53. The molecule has 0 bridgehead atoms. The molecule has 1 amide bonds. The number of hydrogen-bond donors (Lipinski definition) is 1. The number of carbonyl (C=O) groups is 1. The van der Waals surface area contributed by atoms with Crippen molar-refractivity contribution in [1.82, 2.24) is 25.5 Å². The van der Waals surface area contributed by atoms with Crippen molar-refractivity contribution >= 4 is 5.91 Å². The monoisotopic (exact) mass is 367 g/mol. The van der Waals surface area contributed by atoms with Crippen molar-refractivity contribution in [2.75, 3.05) is 0 Å². The molecule has 3 rings (SSSR count). The lowest BCUT2D eigenvalue weighted by atomic mass is 9.85. The van der Waals surface area contributed by atoms with Crippen LogP contribution in [0.2, 0.25) is 0 Å². The van der Waals surface area contributed by atoms with E-state index in [1.165, 1.54) is 11.0 Å². The molecular weight excluding hydrogens is 347 g/mol. The molecule has 1 aromatic carbocycles. The van der Waals surface area contributed by atoms with Gasteiger partial charge in [-0.2, -0.15) is 13.2 Å². The molecule has 0 spiro atoms. The van der Waals surface area contributed by atoms with Gasteiger partial charge in [-0.1, -0.05) is 36.8 Å². The van der Waals surface area contributed by atoms with Crippen LogP contribution in [0.3, 0.4) is 0 Å². The van der Waals surface area contributed by atoms with Crippen molar-refractivity contribution in [3.05, 3.63) is 42.2 Å². The Balaban J connectivity index is 1.70. The maximum Gasteiger partial charge on any atom is 0.391 e. The fraction of sp³-hybridized carbons (Fsp3) is 0.529. The lowest BCUT2D eigenvalue weighted by Gasteiger charge is -2.31. The van der Waals surface area contributed by atoms with Crippen LogP contribution in [0.4, 0.5) is 13.2 Å². The number of hydrogen-bond acceptors (Lipinski definition) is 4. The summed E-state index contributed by atoms with van der Waals surface area (Å²) in [6.45, 7) is 0. The first-order valence-electron chi connectivity index (χ1n) is 8.57. The quantitative estimate of drug-likeness (QED) is 0.882. The molecule has 140 valence electrons. The lowest BCUT2D eigenvalue weighted by Crippen LogP contribution is -2.44. The standard InChI is InChI=1S/C17H20F3N5O/c18-17(19,20)13-7-4-8-14(10-13)22-16(26)15(25-11-21-23-24-25)9-12-5-2-1-3-6-12/h1-3,5-6,11,13-15H,4,7-10H2,(H,22,26). The zero-order valence-corrected chi connectivity index (χ0v) is 14.1. The Bertz CT molecular complexity index is 705. The van der Waals surface area contributed by atoms with Crippen LogP contribution >= 0.6 is 0 Å². The van der Waals surface area contributed by atoms with Gasteiger partial charge in [0, 0.05) is 12.5 Å². The normalized spacial score (nSPS) is 22.0. The van der Waals surface area contributed by atoms with E-state index in [2.05, 4.69) is 20.8 Å². The molecule has 0 aliphatic heterocycles. The highest BCUT2D eigenvalue weighted by molar-refractivity contribution is 5.80. The van der Waals surface area contributed by atoms with Crippen molar-refractivity contribution in [2.45, 2.75) is 50.4 Å². The van der Waals surface area contributed by atoms with E-state index in [-0.39, 0.29) is 18.7 Å². The van der Waals surface area contributed by atoms with Crippen LogP contribution in [0, 0.1) is 5.92 Å². The van der Waals surface area contributed by atoms with Gasteiger partial charge in [-0.3, -0.25) is 4.79 Å². The molecule has 1 aliphatic rings. The topological polar surface area (TPSA) is 72.7 Å². The molecule has 1 N–H and O–H groups in total. The van der Waals surface area contributed by atoms with Gasteiger partial charge in [-0.05, 0) is 35.3 Å². The zero-order chi connectivity index (χ0) is 18.6. The molecule has 9 heteroatoms. The molecule has 6 nitrogen and oxygen atoms in total. The Labute approximate surface area is 148 Å². The van der Waals surface area contributed by atoms with Gasteiger partial charge in [-0.25, -0.2) is 4.68 Å². The van der Waals surface area contributed by atoms with E-state index in [0.29, 0.717) is 19.3 Å². The highest BCUT2D eigenvalue weighted by atomic mass is 19.4. The number of halogens is 3. The van der Waals surface area contributed by atoms with E-state index in [1.807, 2.05) is 30.3 Å². The summed E-state index contributed by atoms with van der Waals surface area (Å²) in [6.07, 6.45) is -1.49. The van der Waals surface area contributed by atoms with Gasteiger partial charge in [0.05, 0.1) is 5.92 Å². The molecule has 2 aromatic rings. The van der Waals surface area contributed by atoms with E-state index >= 15 is 0 Å². The third-order valence-corrected chi connectivity index (χ3v) is 4.74. The van der Waals surface area contributed by atoms with Gasteiger partial charge in [0.15, 0.2) is 0 Å². The van der Waals surface area contributed by atoms with Gasteiger partial charge in [0.2, 0.25) is 5.91 Å². The molecule has 26 heavy (non-hydrogen) atoms. The number of carbonyl (C=O) groups excluding carboxylic acids is 1. The number of aromatic nitrogens is 4. The number of benzene rings is 1. The van der Waals surface area contributed by atoms with Crippen molar-refractivity contribution < 1.29 is 18.0 Å². The van der Waals surface area contributed by atoms with Gasteiger partial charge in [0.25, 0.3) is 0 Å². The molecule has 0 radical (unpaired) electrons. The van der Waals surface area contributed by atoms with E-state index in [1.54, 1.807) is 0 Å². The SMILES string of the molecule is O=C(NC1CCCC(C(F)(F)F)C1)C(Cc1ccccc1)n1cnnn1. The molecule has 1 saturated carbocycles. The average molecular weight is 367 g/mol. The Hall–Kier alpha value is -2.45. The molecule has 1 heterocycles. The van der Waals surface area contributed by atoms with Crippen LogP contribution in [0.1, 0.15) is 37.3 Å². The Morgan fingerprint density at radius 2 is 2.04 bits per heavy atom. The summed E-state index contributed by atoms with van der Waals surface area (Å²) < 4.78 is 40.3. The molecule has 3 atom stereocenters. The van der Waals surface area contributed by atoms with Crippen molar-refractivity contribution in [3.8, 4) is 0 Å². The summed E-state index contributed by atoms with van der Waals surface area (Å²) in [5, 5.41) is 13.7. The summed E-state index contributed by atoms with van der Waals surface area (Å²) in [7, 11) is 0.